The minimum Gasteiger partial charge on any atom is -0.410 e. The van der Waals surface area contributed by atoms with E-state index in [1.165, 1.54) is 12.1 Å². The fourth-order valence-electron chi connectivity index (χ4n) is 1.20. The van der Waals surface area contributed by atoms with Gasteiger partial charge in [0.15, 0.2) is 0 Å². The van der Waals surface area contributed by atoms with Crippen molar-refractivity contribution in [2.75, 3.05) is 19.7 Å². The maximum Gasteiger partial charge on any atom is 0.415 e. The van der Waals surface area contributed by atoms with Crippen LogP contribution in [0.4, 0.5) is 13.6 Å². The van der Waals surface area contributed by atoms with Gasteiger partial charge in [0.05, 0.1) is 13.2 Å². The Bertz CT molecular complexity index is 346. The number of alkyl halides is 2. The number of para-hydroxylation sites is 1. The molecule has 4 nitrogen and oxygen atoms in total. The zero-order valence-electron chi connectivity index (χ0n) is 9.05. The molecule has 0 heterocycles. The number of hydrogen-bond donors (Lipinski definition) is 1. The maximum absolute atomic E-state index is 12.2. The maximum atomic E-state index is 12.2. The number of hydrogen-bond acceptors (Lipinski definition) is 3. The summed E-state index contributed by atoms with van der Waals surface area (Å²) in [5, 5.41) is 8.67. The summed E-state index contributed by atoms with van der Waals surface area (Å²) in [5.41, 5.74) is 0. The Hall–Kier alpha value is -1.69. The van der Waals surface area contributed by atoms with Crippen LogP contribution in [0.2, 0.25) is 0 Å². The minimum atomic E-state index is -2.66. The van der Waals surface area contributed by atoms with E-state index in [0.717, 1.165) is 4.90 Å². The Labute approximate surface area is 97.4 Å². The molecule has 0 bridgehead atoms. The van der Waals surface area contributed by atoms with E-state index >= 15 is 0 Å². The molecule has 0 radical (unpaired) electrons. The monoisotopic (exact) mass is 245 g/mol. The lowest BCUT2D eigenvalue weighted by molar-refractivity contribution is 0.0750. The molecule has 0 spiro atoms. The first-order valence-electron chi connectivity index (χ1n) is 5.04. The van der Waals surface area contributed by atoms with Crippen molar-refractivity contribution in [1.82, 2.24) is 4.90 Å². The van der Waals surface area contributed by atoms with Crippen LogP contribution in [0.15, 0.2) is 30.3 Å². The second-order valence-electron chi connectivity index (χ2n) is 3.24. The second kappa shape index (κ2) is 6.80. The van der Waals surface area contributed by atoms with E-state index in [0.29, 0.717) is 0 Å². The highest BCUT2D eigenvalue weighted by Gasteiger charge is 2.19. The van der Waals surface area contributed by atoms with Crippen molar-refractivity contribution < 1.29 is 23.4 Å². The number of benzene rings is 1. The number of halogens is 2. The smallest absolute Gasteiger partial charge is 0.410 e. The molecule has 0 aliphatic rings. The first-order valence-corrected chi connectivity index (χ1v) is 5.04. The predicted molar refractivity (Wildman–Crippen MR) is 57.1 cm³/mol. The molecule has 94 valence electrons. The molecular formula is C11H13F2NO3. The number of nitrogens with zero attached hydrogens (tertiary/aromatic N) is 1. The summed E-state index contributed by atoms with van der Waals surface area (Å²) in [6.45, 7) is -1.33. The predicted octanol–water partition coefficient (Wildman–Crippen LogP) is 1.74. The van der Waals surface area contributed by atoms with E-state index in [1.807, 2.05) is 0 Å². The molecule has 17 heavy (non-hydrogen) atoms. The molecule has 0 fully saturated rings. The van der Waals surface area contributed by atoms with Gasteiger partial charge in [-0.2, -0.15) is 0 Å². The Balaban J connectivity index is 2.59. The zero-order valence-corrected chi connectivity index (χ0v) is 9.05. The Morgan fingerprint density at radius 1 is 1.35 bits per heavy atom. The van der Waals surface area contributed by atoms with E-state index in [2.05, 4.69) is 0 Å². The number of ether oxygens (including phenoxy) is 1. The van der Waals surface area contributed by atoms with Gasteiger partial charge in [-0.1, -0.05) is 18.2 Å². The Morgan fingerprint density at radius 3 is 2.53 bits per heavy atom. The number of aliphatic hydroxyl groups excluding tert-OH is 1. The van der Waals surface area contributed by atoms with Crippen molar-refractivity contribution in [3.8, 4) is 5.75 Å². The van der Waals surface area contributed by atoms with Gasteiger partial charge >= 0.3 is 6.09 Å². The quantitative estimate of drug-likeness (QED) is 0.859. The van der Waals surface area contributed by atoms with E-state index < -0.39 is 25.7 Å². The van der Waals surface area contributed by atoms with Gasteiger partial charge in [0.1, 0.15) is 5.75 Å². The van der Waals surface area contributed by atoms with Crippen molar-refractivity contribution in [3.05, 3.63) is 30.3 Å². The van der Waals surface area contributed by atoms with Gasteiger partial charge in [0, 0.05) is 6.54 Å². The van der Waals surface area contributed by atoms with Crippen LogP contribution >= 0.6 is 0 Å². The summed E-state index contributed by atoms with van der Waals surface area (Å²) in [6, 6.07) is 8.13. The molecule has 6 heteroatoms. The van der Waals surface area contributed by atoms with Crippen LogP contribution in [0, 0.1) is 0 Å². The van der Waals surface area contributed by atoms with Crippen LogP contribution in [0.5, 0.6) is 5.75 Å². The van der Waals surface area contributed by atoms with Crippen LogP contribution in [-0.2, 0) is 0 Å². The van der Waals surface area contributed by atoms with Gasteiger partial charge in [-0.05, 0) is 12.1 Å². The number of carbonyl (C=O) groups is 1. The summed E-state index contributed by atoms with van der Waals surface area (Å²) in [4.78, 5) is 12.3. The van der Waals surface area contributed by atoms with E-state index in [9.17, 15) is 13.6 Å². The fourth-order valence-corrected chi connectivity index (χ4v) is 1.20. The van der Waals surface area contributed by atoms with Crippen molar-refractivity contribution >= 4 is 6.09 Å². The second-order valence-corrected chi connectivity index (χ2v) is 3.24. The standard InChI is InChI=1S/C11H13F2NO3/c12-10(13)8-14(6-7-15)11(16)17-9-4-2-1-3-5-9/h1-5,10,15H,6-8H2. The van der Waals surface area contributed by atoms with Crippen LogP contribution in [0.25, 0.3) is 0 Å². The van der Waals surface area contributed by atoms with Crippen molar-refractivity contribution in [1.29, 1.82) is 0 Å². The third-order valence-corrected chi connectivity index (χ3v) is 1.93. The van der Waals surface area contributed by atoms with E-state index in [-0.39, 0.29) is 12.3 Å². The first kappa shape index (κ1) is 13.4. The molecule has 0 saturated heterocycles. The lowest BCUT2D eigenvalue weighted by atomic mass is 10.3. The van der Waals surface area contributed by atoms with Gasteiger partial charge in [-0.15, -0.1) is 0 Å². The van der Waals surface area contributed by atoms with E-state index in [4.69, 9.17) is 9.84 Å². The number of carbonyl (C=O) groups excluding carboxylic acids is 1. The van der Waals surface area contributed by atoms with Crippen molar-refractivity contribution in [3.63, 3.8) is 0 Å². The zero-order chi connectivity index (χ0) is 12.7. The third kappa shape index (κ3) is 4.78. The highest BCUT2D eigenvalue weighted by Crippen LogP contribution is 2.10. The summed E-state index contributed by atoms with van der Waals surface area (Å²) >= 11 is 0. The van der Waals surface area contributed by atoms with Gasteiger partial charge in [-0.3, -0.25) is 4.90 Å². The molecular weight excluding hydrogens is 232 g/mol. The molecule has 1 N–H and O–H groups in total. The highest BCUT2D eigenvalue weighted by atomic mass is 19.3. The number of aliphatic hydroxyl groups is 1. The Morgan fingerprint density at radius 2 is 2.00 bits per heavy atom. The number of rotatable bonds is 5. The lowest BCUT2D eigenvalue weighted by Gasteiger charge is -2.20. The van der Waals surface area contributed by atoms with Crippen LogP contribution in [0.3, 0.4) is 0 Å². The van der Waals surface area contributed by atoms with Crippen molar-refractivity contribution in [2.45, 2.75) is 6.43 Å². The van der Waals surface area contributed by atoms with Crippen LogP contribution in [0.1, 0.15) is 0 Å². The van der Waals surface area contributed by atoms with Gasteiger partial charge in [0.2, 0.25) is 0 Å². The van der Waals surface area contributed by atoms with Gasteiger partial charge in [-0.25, -0.2) is 13.6 Å². The molecule has 0 aliphatic heterocycles. The normalized spacial score (nSPS) is 10.4. The molecule has 1 rings (SSSR count). The first-order chi connectivity index (χ1) is 8.13. The molecule has 1 aromatic rings. The largest absolute Gasteiger partial charge is 0.415 e. The Kier molecular flexibility index (Phi) is 5.35. The highest BCUT2D eigenvalue weighted by molar-refractivity contribution is 5.70. The summed E-state index contributed by atoms with van der Waals surface area (Å²) in [6.07, 6.45) is -3.56. The van der Waals surface area contributed by atoms with Gasteiger partial charge in [0.25, 0.3) is 6.43 Å². The number of amides is 1. The van der Waals surface area contributed by atoms with Crippen LogP contribution < -0.4 is 4.74 Å². The average molecular weight is 245 g/mol. The molecule has 0 aromatic heterocycles. The molecule has 0 unspecified atom stereocenters. The molecule has 1 amide bonds. The lowest BCUT2D eigenvalue weighted by Crippen LogP contribution is -2.39. The van der Waals surface area contributed by atoms with Gasteiger partial charge < -0.3 is 9.84 Å². The fraction of sp³-hybridized carbons (Fsp3) is 0.364. The van der Waals surface area contributed by atoms with E-state index in [1.54, 1.807) is 18.2 Å². The molecule has 1 aromatic carbocycles. The SMILES string of the molecule is O=C(Oc1ccccc1)N(CCO)CC(F)F. The average Bonchev–Trinajstić information content (AvgIpc) is 2.29. The minimum absolute atomic E-state index is 0.185. The summed E-state index contributed by atoms with van der Waals surface area (Å²) in [7, 11) is 0. The topological polar surface area (TPSA) is 49.8 Å². The van der Waals surface area contributed by atoms with Crippen molar-refractivity contribution in [2.24, 2.45) is 0 Å². The van der Waals surface area contributed by atoms with Crippen LogP contribution in [-0.4, -0.2) is 42.2 Å². The summed E-state index contributed by atoms with van der Waals surface area (Å²) < 4.78 is 29.2. The molecule has 0 saturated carbocycles. The third-order valence-electron chi connectivity index (χ3n) is 1.93. The molecule has 0 aliphatic carbocycles. The molecule has 0 atom stereocenters. The summed E-state index contributed by atoms with van der Waals surface area (Å²) in [5.74, 6) is 0.273.